The van der Waals surface area contributed by atoms with E-state index in [0.717, 1.165) is 19.6 Å². The maximum atomic E-state index is 9.62. The highest BCUT2D eigenvalue weighted by Gasteiger charge is 1.85. The Kier molecular flexibility index (Phi) is 9.03. The van der Waals surface area contributed by atoms with Gasteiger partial charge in [0.05, 0.1) is 6.54 Å². The van der Waals surface area contributed by atoms with Gasteiger partial charge >= 0.3 is 0 Å². The molecule has 0 amide bonds. The van der Waals surface area contributed by atoms with Gasteiger partial charge in [0.2, 0.25) is 0 Å². The normalized spacial score (nSPS) is 9.91. The average molecular weight is 160 g/mol. The summed E-state index contributed by atoms with van der Waals surface area (Å²) < 4.78 is 0. The van der Waals surface area contributed by atoms with Crippen molar-refractivity contribution in [1.82, 2.24) is 10.6 Å². The lowest BCUT2D eigenvalue weighted by molar-refractivity contribution is 0.618. The minimum absolute atomic E-state index is 0.344. The smallest absolute Gasteiger partial charge is 0.0935 e. The highest BCUT2D eigenvalue weighted by Crippen LogP contribution is 1.63. The largest absolute Gasteiger partial charge is 0.329 e. The molecule has 0 aromatic rings. The molecule has 11 heavy (non-hydrogen) atoms. The predicted molar refractivity (Wildman–Crippen MR) is 45.5 cm³/mol. The van der Waals surface area contributed by atoms with Crippen LogP contribution in [0.3, 0.4) is 0 Å². The van der Waals surface area contributed by atoms with Gasteiger partial charge in [-0.05, 0) is 0 Å². The molecule has 0 unspecified atom stereocenters. The minimum Gasteiger partial charge on any atom is -0.329 e. The zero-order valence-electron chi connectivity index (χ0n) is 6.68. The Hall–Kier alpha value is -0.520. The standard InChI is InChI=1S/C6H16N4O/c7-1-2-8-3-4-9-5-6-10-11/h8-9H,1-7H2. The third kappa shape index (κ3) is 9.48. The monoisotopic (exact) mass is 160 g/mol. The number of nitrogens with zero attached hydrogens (tertiary/aromatic N) is 1. The molecular weight excluding hydrogens is 144 g/mol. The van der Waals surface area contributed by atoms with Gasteiger partial charge in [-0.25, -0.2) is 0 Å². The minimum atomic E-state index is 0.344. The quantitative estimate of drug-likeness (QED) is 0.311. The van der Waals surface area contributed by atoms with E-state index in [-0.39, 0.29) is 0 Å². The van der Waals surface area contributed by atoms with Crippen molar-refractivity contribution in [1.29, 1.82) is 0 Å². The van der Waals surface area contributed by atoms with Gasteiger partial charge in [0.1, 0.15) is 0 Å². The average Bonchev–Trinajstić information content (AvgIpc) is 2.03. The van der Waals surface area contributed by atoms with Crippen molar-refractivity contribution in [3.8, 4) is 0 Å². The molecule has 0 atom stereocenters. The van der Waals surface area contributed by atoms with Crippen molar-refractivity contribution in [2.24, 2.45) is 10.9 Å². The summed E-state index contributed by atoms with van der Waals surface area (Å²) in [6.45, 7) is 4.25. The molecule has 0 spiro atoms. The van der Waals surface area contributed by atoms with E-state index >= 15 is 0 Å². The molecule has 0 aliphatic heterocycles. The maximum Gasteiger partial charge on any atom is 0.0935 e. The summed E-state index contributed by atoms with van der Waals surface area (Å²) in [6, 6.07) is 0. The van der Waals surface area contributed by atoms with Crippen LogP contribution in [0.25, 0.3) is 0 Å². The van der Waals surface area contributed by atoms with E-state index in [1.165, 1.54) is 0 Å². The molecule has 0 fully saturated rings. The van der Waals surface area contributed by atoms with Gasteiger partial charge in [-0.3, -0.25) is 0 Å². The fraction of sp³-hybridized carbons (Fsp3) is 1.00. The molecule has 4 N–H and O–H groups in total. The van der Waals surface area contributed by atoms with E-state index in [1.54, 1.807) is 0 Å². The van der Waals surface area contributed by atoms with Crippen molar-refractivity contribution < 1.29 is 0 Å². The second kappa shape index (κ2) is 9.48. The van der Waals surface area contributed by atoms with Crippen molar-refractivity contribution in [2.75, 3.05) is 39.3 Å². The van der Waals surface area contributed by atoms with Gasteiger partial charge in [-0.15, -0.1) is 0 Å². The molecule has 0 aromatic heterocycles. The molecule has 5 heteroatoms. The van der Waals surface area contributed by atoms with Gasteiger partial charge in [-0.1, -0.05) is 5.18 Å². The number of hydrogen-bond donors (Lipinski definition) is 3. The van der Waals surface area contributed by atoms with Crippen LogP contribution in [0.5, 0.6) is 0 Å². The predicted octanol–water partition coefficient (Wildman–Crippen LogP) is -1.11. The van der Waals surface area contributed by atoms with Crippen molar-refractivity contribution in [2.45, 2.75) is 0 Å². The van der Waals surface area contributed by atoms with Crippen LogP contribution in [0, 0.1) is 4.91 Å². The Labute approximate surface area is 66.7 Å². The first kappa shape index (κ1) is 10.5. The molecule has 0 bridgehead atoms. The molecule has 0 heterocycles. The maximum absolute atomic E-state index is 9.62. The highest BCUT2D eigenvalue weighted by atomic mass is 16.3. The zero-order valence-corrected chi connectivity index (χ0v) is 6.68. The summed E-state index contributed by atoms with van der Waals surface area (Å²) in [5.41, 5.74) is 5.25. The van der Waals surface area contributed by atoms with E-state index in [2.05, 4.69) is 15.8 Å². The first-order valence-electron chi connectivity index (χ1n) is 3.82. The van der Waals surface area contributed by atoms with Crippen LogP contribution in [-0.4, -0.2) is 39.3 Å². The summed E-state index contributed by atoms with van der Waals surface area (Å²) in [7, 11) is 0. The Bertz CT molecular complexity index is 88.7. The molecule has 66 valence electrons. The Morgan fingerprint density at radius 3 is 2.27 bits per heavy atom. The molecule has 0 aliphatic carbocycles. The van der Waals surface area contributed by atoms with E-state index < -0.39 is 0 Å². The van der Waals surface area contributed by atoms with Gasteiger partial charge in [0.15, 0.2) is 0 Å². The number of nitroso groups, excluding NO2 is 1. The third-order valence-electron chi connectivity index (χ3n) is 1.18. The molecular formula is C6H16N4O. The second-order valence-electron chi connectivity index (χ2n) is 2.14. The van der Waals surface area contributed by atoms with Gasteiger partial charge in [0.25, 0.3) is 0 Å². The lowest BCUT2D eigenvalue weighted by Gasteiger charge is -2.02. The number of nitrogens with one attached hydrogen (secondary N) is 2. The SMILES string of the molecule is NCCNCCNCCN=O. The first-order chi connectivity index (χ1) is 5.41. The van der Waals surface area contributed by atoms with E-state index in [0.29, 0.717) is 19.6 Å². The summed E-state index contributed by atoms with van der Waals surface area (Å²) in [5.74, 6) is 0. The summed E-state index contributed by atoms with van der Waals surface area (Å²) in [5, 5.41) is 8.88. The Balaban J connectivity index is 2.74. The lowest BCUT2D eigenvalue weighted by atomic mass is 10.5. The molecule has 0 saturated heterocycles. The second-order valence-corrected chi connectivity index (χ2v) is 2.14. The van der Waals surface area contributed by atoms with Gasteiger partial charge in [-0.2, -0.15) is 4.91 Å². The van der Waals surface area contributed by atoms with Crippen LogP contribution in [0.2, 0.25) is 0 Å². The molecule has 5 nitrogen and oxygen atoms in total. The zero-order chi connectivity index (χ0) is 8.36. The fourth-order valence-corrected chi connectivity index (χ4v) is 0.654. The third-order valence-corrected chi connectivity index (χ3v) is 1.18. The van der Waals surface area contributed by atoms with Gasteiger partial charge < -0.3 is 16.4 Å². The van der Waals surface area contributed by atoms with Crippen LogP contribution in [0.1, 0.15) is 0 Å². The first-order valence-corrected chi connectivity index (χ1v) is 3.82. The lowest BCUT2D eigenvalue weighted by Crippen LogP contribution is -2.31. The molecule has 0 radical (unpaired) electrons. The van der Waals surface area contributed by atoms with Crippen LogP contribution in [-0.2, 0) is 0 Å². The van der Waals surface area contributed by atoms with Crippen LogP contribution < -0.4 is 16.4 Å². The topological polar surface area (TPSA) is 79.5 Å². The van der Waals surface area contributed by atoms with Crippen molar-refractivity contribution in [3.63, 3.8) is 0 Å². The fourth-order valence-electron chi connectivity index (χ4n) is 0.654. The number of rotatable bonds is 8. The Morgan fingerprint density at radius 1 is 1.09 bits per heavy atom. The molecule has 0 aromatic carbocycles. The van der Waals surface area contributed by atoms with Crippen LogP contribution in [0.15, 0.2) is 5.18 Å². The van der Waals surface area contributed by atoms with E-state index in [4.69, 9.17) is 5.73 Å². The number of nitrogens with two attached hydrogens (primary N) is 1. The van der Waals surface area contributed by atoms with Crippen molar-refractivity contribution in [3.05, 3.63) is 4.91 Å². The summed E-state index contributed by atoms with van der Waals surface area (Å²) in [4.78, 5) is 9.62. The molecule has 0 aliphatic rings. The van der Waals surface area contributed by atoms with Crippen molar-refractivity contribution >= 4 is 0 Å². The highest BCUT2D eigenvalue weighted by molar-refractivity contribution is 4.53. The Morgan fingerprint density at radius 2 is 1.73 bits per heavy atom. The summed E-state index contributed by atoms with van der Waals surface area (Å²) in [6.07, 6.45) is 0. The number of hydrogen-bond acceptors (Lipinski definition) is 5. The van der Waals surface area contributed by atoms with Crippen LogP contribution in [0.4, 0.5) is 0 Å². The van der Waals surface area contributed by atoms with Gasteiger partial charge in [0, 0.05) is 32.7 Å². The van der Waals surface area contributed by atoms with E-state index in [9.17, 15) is 4.91 Å². The molecule has 0 saturated carbocycles. The summed E-state index contributed by atoms with van der Waals surface area (Å²) >= 11 is 0. The van der Waals surface area contributed by atoms with Crippen LogP contribution >= 0.6 is 0 Å². The van der Waals surface area contributed by atoms with E-state index in [1.807, 2.05) is 0 Å². The molecule has 0 rings (SSSR count).